The number of allylic oxidation sites excluding steroid dienone is 9. The first-order valence-corrected chi connectivity index (χ1v) is 11.8. The molecule has 0 aromatic heterocycles. The molecule has 5 atom stereocenters. The molecule has 0 radical (unpaired) electrons. The molecule has 4 rings (SSSR count). The summed E-state index contributed by atoms with van der Waals surface area (Å²) in [5, 5.41) is 0. The summed E-state index contributed by atoms with van der Waals surface area (Å²) in [6, 6.07) is -0.316. The van der Waals surface area contributed by atoms with Crippen LogP contribution in [-0.2, 0) is 6.18 Å². The number of alkyl halides is 6. The van der Waals surface area contributed by atoms with Crippen molar-refractivity contribution in [1.82, 2.24) is 0 Å². The summed E-state index contributed by atoms with van der Waals surface area (Å²) < 4.78 is 144. The van der Waals surface area contributed by atoms with Crippen LogP contribution >= 0.6 is 0 Å². The van der Waals surface area contributed by atoms with Gasteiger partial charge in [-0.1, -0.05) is 25.2 Å². The van der Waals surface area contributed by atoms with Crippen LogP contribution in [0.5, 0.6) is 5.75 Å². The summed E-state index contributed by atoms with van der Waals surface area (Å²) in [5.41, 5.74) is -1.60. The van der Waals surface area contributed by atoms with Crippen LogP contribution in [-0.4, -0.2) is 12.3 Å². The minimum Gasteiger partial charge on any atom is -0.432 e. The summed E-state index contributed by atoms with van der Waals surface area (Å²) in [7, 11) is 0. The van der Waals surface area contributed by atoms with Gasteiger partial charge in [-0.2, -0.15) is 22.0 Å². The van der Waals surface area contributed by atoms with Gasteiger partial charge in [0.2, 0.25) is 0 Å². The van der Waals surface area contributed by atoms with Crippen molar-refractivity contribution in [3.63, 3.8) is 0 Å². The maximum atomic E-state index is 15.0. The van der Waals surface area contributed by atoms with E-state index in [-0.39, 0.29) is 30.0 Å². The van der Waals surface area contributed by atoms with E-state index in [0.29, 0.717) is 24.5 Å². The zero-order valence-corrected chi connectivity index (χ0v) is 19.8. The summed E-state index contributed by atoms with van der Waals surface area (Å²) in [6.45, 7) is 2.03. The molecule has 0 bridgehead atoms. The highest BCUT2D eigenvalue weighted by Gasteiger charge is 2.52. The van der Waals surface area contributed by atoms with E-state index in [1.807, 2.05) is 25.2 Å². The Hall–Kier alpha value is -2.98. The molecule has 0 heterocycles. The van der Waals surface area contributed by atoms with Crippen molar-refractivity contribution in [3.8, 4) is 5.75 Å². The van der Waals surface area contributed by atoms with Crippen LogP contribution < -0.4 is 4.74 Å². The first kappa shape index (κ1) is 28.0. The lowest BCUT2D eigenvalue weighted by molar-refractivity contribution is -0.219. The molecule has 0 saturated carbocycles. The summed E-state index contributed by atoms with van der Waals surface area (Å²) in [6.07, 6.45) is -3.09. The minimum atomic E-state index is -5.45. The quantitative estimate of drug-likeness (QED) is 0.331. The van der Waals surface area contributed by atoms with E-state index in [9.17, 15) is 43.9 Å². The lowest BCUT2D eigenvalue weighted by Crippen LogP contribution is -2.41. The third-order valence-corrected chi connectivity index (χ3v) is 6.82. The molecule has 0 saturated heterocycles. The lowest BCUT2D eigenvalue weighted by Gasteiger charge is -2.32. The van der Waals surface area contributed by atoms with Crippen molar-refractivity contribution in [2.24, 2.45) is 23.7 Å². The van der Waals surface area contributed by atoms with Crippen molar-refractivity contribution >= 4 is 0 Å². The molecule has 3 aliphatic rings. The predicted octanol–water partition coefficient (Wildman–Crippen LogP) is 9.10. The van der Waals surface area contributed by atoms with Crippen LogP contribution in [0.1, 0.15) is 31.7 Å². The van der Waals surface area contributed by atoms with Gasteiger partial charge in [-0.05, 0) is 54.6 Å². The van der Waals surface area contributed by atoms with E-state index < -0.39 is 64.9 Å². The minimum absolute atomic E-state index is 0.158. The van der Waals surface area contributed by atoms with Crippen molar-refractivity contribution in [2.75, 3.05) is 0 Å². The van der Waals surface area contributed by atoms with Gasteiger partial charge >= 0.3 is 12.3 Å². The fourth-order valence-corrected chi connectivity index (χ4v) is 4.88. The number of hydrogen-bond donors (Lipinski definition) is 0. The summed E-state index contributed by atoms with van der Waals surface area (Å²) >= 11 is 0. The van der Waals surface area contributed by atoms with Crippen molar-refractivity contribution in [3.05, 3.63) is 88.6 Å². The second-order valence-corrected chi connectivity index (χ2v) is 9.61. The molecular weight excluding hydrogens is 530 g/mol. The molecule has 206 valence electrons. The molecule has 1 aromatic carbocycles. The van der Waals surface area contributed by atoms with Gasteiger partial charge in [-0.3, -0.25) is 0 Å². The second kappa shape index (κ2) is 10.3. The van der Waals surface area contributed by atoms with Crippen molar-refractivity contribution in [2.45, 2.75) is 44.6 Å². The highest BCUT2D eigenvalue weighted by Crippen LogP contribution is 2.46. The number of rotatable bonds is 5. The molecule has 1 nitrogen and oxygen atoms in total. The van der Waals surface area contributed by atoms with Gasteiger partial charge in [-0.25, -0.2) is 22.0 Å². The molecule has 3 aliphatic carbocycles. The third kappa shape index (κ3) is 5.71. The molecule has 0 spiro atoms. The zero-order valence-electron chi connectivity index (χ0n) is 19.8. The molecule has 1 aromatic rings. The largest absolute Gasteiger partial charge is 0.432 e. The summed E-state index contributed by atoms with van der Waals surface area (Å²) in [4.78, 5) is 0. The molecule has 11 heteroatoms. The van der Waals surface area contributed by atoms with Gasteiger partial charge in [0.15, 0.2) is 0 Å². The Morgan fingerprint density at radius 3 is 2.05 bits per heavy atom. The van der Waals surface area contributed by atoms with Crippen LogP contribution in [0.3, 0.4) is 0 Å². The predicted molar refractivity (Wildman–Crippen MR) is 119 cm³/mol. The van der Waals surface area contributed by atoms with Crippen LogP contribution in [0, 0.1) is 35.3 Å². The lowest BCUT2D eigenvalue weighted by atomic mass is 9.77. The third-order valence-electron chi connectivity index (χ3n) is 6.82. The molecule has 38 heavy (non-hydrogen) atoms. The summed E-state index contributed by atoms with van der Waals surface area (Å²) in [5.74, 6) is -12.1. The highest BCUT2D eigenvalue weighted by atomic mass is 19.4. The normalized spacial score (nSPS) is 28.3. The van der Waals surface area contributed by atoms with Gasteiger partial charge in [0, 0.05) is 24.0 Å². The number of halogens is 10. The Labute approximate surface area is 211 Å². The Kier molecular flexibility index (Phi) is 7.60. The molecular formula is C27H22F10O. The SMILES string of the molecule is CC1C=CC(C2C=C(F)C(C3=CC(F)C(C(F)(F)Oc4cc(F)c(C(F)(F)F)c(F)c4)C(F)=C3)CC2)=CC1. The first-order valence-electron chi connectivity index (χ1n) is 11.8. The maximum absolute atomic E-state index is 15.0. The van der Waals surface area contributed by atoms with E-state index in [2.05, 4.69) is 4.74 Å². The van der Waals surface area contributed by atoms with Crippen LogP contribution in [0.15, 0.2) is 71.4 Å². The highest BCUT2D eigenvalue weighted by molar-refractivity contribution is 5.39. The monoisotopic (exact) mass is 552 g/mol. The van der Waals surface area contributed by atoms with E-state index >= 15 is 0 Å². The molecule has 5 unspecified atom stereocenters. The van der Waals surface area contributed by atoms with E-state index in [1.54, 1.807) is 0 Å². The molecule has 0 aliphatic heterocycles. The molecule has 0 N–H and O–H groups in total. The van der Waals surface area contributed by atoms with E-state index in [1.165, 1.54) is 6.08 Å². The van der Waals surface area contributed by atoms with Gasteiger partial charge < -0.3 is 4.74 Å². The van der Waals surface area contributed by atoms with Gasteiger partial charge in [0.25, 0.3) is 0 Å². The van der Waals surface area contributed by atoms with Crippen molar-refractivity contribution < 1.29 is 48.6 Å². The second-order valence-electron chi connectivity index (χ2n) is 9.61. The van der Waals surface area contributed by atoms with Gasteiger partial charge in [0.1, 0.15) is 46.7 Å². The first-order chi connectivity index (χ1) is 17.7. The average molecular weight is 552 g/mol. The fourth-order valence-electron chi connectivity index (χ4n) is 4.88. The Bertz CT molecular complexity index is 1210. The zero-order chi connectivity index (χ0) is 28.0. The van der Waals surface area contributed by atoms with Crippen molar-refractivity contribution in [1.29, 1.82) is 0 Å². The van der Waals surface area contributed by atoms with Crippen LogP contribution in [0.25, 0.3) is 0 Å². The Morgan fingerprint density at radius 2 is 1.53 bits per heavy atom. The standard InChI is InChI=1S/C27H22F10O/c1-13-2-4-14(5-3-13)15-6-7-18(19(28)8-15)16-9-20(29)25(21(30)10-16)27(36,37)38-17-11-22(31)24(23(32)12-17)26(33,34)35/h2,4-5,8-13,15,18,20,25H,3,6-7H2,1H3. The number of hydrogen-bond acceptors (Lipinski definition) is 1. The Balaban J connectivity index is 1.51. The average Bonchev–Trinajstić information content (AvgIpc) is 2.77. The van der Waals surface area contributed by atoms with Gasteiger partial charge in [-0.15, -0.1) is 0 Å². The molecule has 0 amide bonds. The number of benzene rings is 1. The van der Waals surface area contributed by atoms with E-state index in [4.69, 9.17) is 0 Å². The topological polar surface area (TPSA) is 9.23 Å². The fraction of sp³-hybridized carbons (Fsp3) is 0.407. The smallest absolute Gasteiger partial charge is 0.422 e. The maximum Gasteiger partial charge on any atom is 0.422 e. The van der Waals surface area contributed by atoms with Gasteiger partial charge in [0.05, 0.1) is 0 Å². The Morgan fingerprint density at radius 1 is 0.868 bits per heavy atom. The van der Waals surface area contributed by atoms with Crippen LogP contribution in [0.4, 0.5) is 43.9 Å². The van der Waals surface area contributed by atoms with E-state index in [0.717, 1.165) is 12.0 Å². The number of ether oxygens (including phenoxy) is 1. The molecule has 0 fully saturated rings. The van der Waals surface area contributed by atoms with Crippen LogP contribution in [0.2, 0.25) is 0 Å².